The third-order valence-corrected chi connectivity index (χ3v) is 4.47. The molecule has 1 atom stereocenters. The van der Waals surface area contributed by atoms with Gasteiger partial charge in [0.1, 0.15) is 11.5 Å². The van der Waals surface area contributed by atoms with Crippen molar-refractivity contribution in [2.45, 2.75) is 45.3 Å². The van der Waals surface area contributed by atoms with Crippen LogP contribution in [0.5, 0.6) is 11.5 Å². The highest BCUT2D eigenvalue weighted by Gasteiger charge is 2.13. The maximum absolute atomic E-state index is 12.5. The Labute approximate surface area is 177 Å². The highest BCUT2D eigenvalue weighted by molar-refractivity contribution is 6.06. The number of aromatic hydroxyl groups is 1. The van der Waals surface area contributed by atoms with Gasteiger partial charge < -0.3 is 25.0 Å². The second-order valence-corrected chi connectivity index (χ2v) is 6.82. The fraction of sp³-hybridized carbons (Fsp3) is 0.375. The molecule has 2 aromatic rings. The lowest BCUT2D eigenvalue weighted by atomic mass is 10.1. The van der Waals surface area contributed by atoms with E-state index >= 15 is 0 Å². The number of phenolic OH excluding ortho intramolecular Hbond substituents is 1. The van der Waals surface area contributed by atoms with Gasteiger partial charge in [-0.3, -0.25) is 4.79 Å². The van der Waals surface area contributed by atoms with Crippen LogP contribution in [-0.2, 0) is 4.74 Å². The number of benzene rings is 2. The molecule has 0 saturated heterocycles. The Morgan fingerprint density at radius 3 is 2.73 bits per heavy atom. The summed E-state index contributed by atoms with van der Waals surface area (Å²) in [4.78, 5) is 12.5. The molecule has 0 aliphatic heterocycles. The number of carbonyl (C=O) groups excluding carboxylic acids is 1. The Morgan fingerprint density at radius 2 is 1.97 bits per heavy atom. The van der Waals surface area contributed by atoms with Gasteiger partial charge in [0, 0.05) is 17.9 Å². The number of terminal acetylenes is 1. The molecule has 0 spiro atoms. The number of rotatable bonds is 12. The average molecular weight is 411 g/mol. The summed E-state index contributed by atoms with van der Waals surface area (Å²) in [5.74, 6) is 2.46. The van der Waals surface area contributed by atoms with Gasteiger partial charge in [-0.1, -0.05) is 24.8 Å². The lowest BCUT2D eigenvalue weighted by Crippen LogP contribution is -2.12. The van der Waals surface area contributed by atoms with Crippen molar-refractivity contribution in [3.05, 3.63) is 53.6 Å². The van der Waals surface area contributed by atoms with E-state index < -0.39 is 12.2 Å². The van der Waals surface area contributed by atoms with Crippen molar-refractivity contribution in [1.29, 1.82) is 0 Å². The molecule has 6 nitrogen and oxygen atoms in total. The minimum atomic E-state index is -0.679. The van der Waals surface area contributed by atoms with Gasteiger partial charge in [-0.05, 0) is 62.6 Å². The van der Waals surface area contributed by atoms with Crippen LogP contribution in [0.15, 0.2) is 42.5 Å². The van der Waals surface area contributed by atoms with E-state index in [2.05, 4.69) is 11.2 Å². The molecule has 0 aromatic heterocycles. The first-order valence-electron chi connectivity index (χ1n) is 10.2. The predicted molar refractivity (Wildman–Crippen MR) is 117 cm³/mol. The molecule has 0 radical (unpaired) electrons. The molecule has 160 valence electrons. The van der Waals surface area contributed by atoms with E-state index in [9.17, 15) is 15.0 Å². The van der Waals surface area contributed by atoms with E-state index in [1.807, 2.05) is 6.92 Å². The first-order valence-corrected chi connectivity index (χ1v) is 10.2. The zero-order valence-electron chi connectivity index (χ0n) is 17.3. The summed E-state index contributed by atoms with van der Waals surface area (Å²) in [5, 5.41) is 22.3. The van der Waals surface area contributed by atoms with Crippen LogP contribution in [0.1, 0.15) is 54.9 Å². The van der Waals surface area contributed by atoms with Gasteiger partial charge >= 0.3 is 0 Å². The highest BCUT2D eigenvalue weighted by Crippen LogP contribution is 2.24. The summed E-state index contributed by atoms with van der Waals surface area (Å²) in [6, 6.07) is 11.5. The zero-order chi connectivity index (χ0) is 21.8. The van der Waals surface area contributed by atoms with Crippen LogP contribution >= 0.6 is 0 Å². The smallest absolute Gasteiger partial charge is 0.259 e. The standard InChI is InChI=1S/C24H29NO5/c1-3-18-10-9-11-19(16-18)25-24(28)21-17-20(13-14-22(21)26)30-15-8-6-5-7-12-23(27)29-4-2/h1,9-11,13-14,16-17,23,26-27H,4-8,12,15H2,2H3,(H,25,28). The number of ether oxygens (including phenoxy) is 2. The molecule has 0 bridgehead atoms. The molecule has 1 amide bonds. The van der Waals surface area contributed by atoms with Gasteiger partial charge in [0.25, 0.3) is 5.91 Å². The second-order valence-electron chi connectivity index (χ2n) is 6.82. The third kappa shape index (κ3) is 7.78. The Kier molecular flexibility index (Phi) is 9.72. The van der Waals surface area contributed by atoms with Crippen molar-refractivity contribution in [1.82, 2.24) is 0 Å². The molecule has 0 saturated carbocycles. The summed E-state index contributed by atoms with van der Waals surface area (Å²) in [7, 11) is 0. The number of phenols is 1. The fourth-order valence-corrected chi connectivity index (χ4v) is 2.91. The first-order chi connectivity index (χ1) is 14.5. The summed E-state index contributed by atoms with van der Waals surface area (Å²) in [5.41, 5.74) is 1.33. The molecule has 0 aliphatic rings. The number of amides is 1. The minimum Gasteiger partial charge on any atom is -0.507 e. The number of anilines is 1. The Morgan fingerprint density at radius 1 is 1.17 bits per heavy atom. The predicted octanol–water partition coefficient (Wildman–Crippen LogP) is 4.31. The largest absolute Gasteiger partial charge is 0.507 e. The van der Waals surface area contributed by atoms with E-state index in [0.717, 1.165) is 25.7 Å². The van der Waals surface area contributed by atoms with Gasteiger partial charge in [0.15, 0.2) is 6.29 Å². The molecule has 0 fully saturated rings. The van der Waals surface area contributed by atoms with Crippen molar-refractivity contribution in [3.8, 4) is 23.8 Å². The lowest BCUT2D eigenvalue weighted by molar-refractivity contribution is -0.0994. The van der Waals surface area contributed by atoms with E-state index in [0.29, 0.717) is 36.6 Å². The van der Waals surface area contributed by atoms with Crippen LogP contribution in [0, 0.1) is 12.3 Å². The third-order valence-electron chi connectivity index (χ3n) is 4.47. The van der Waals surface area contributed by atoms with Crippen LogP contribution in [-0.4, -0.2) is 35.6 Å². The molecule has 1 unspecified atom stereocenters. The summed E-state index contributed by atoms with van der Waals surface area (Å²) < 4.78 is 10.8. The molecular formula is C24H29NO5. The summed E-state index contributed by atoms with van der Waals surface area (Å²) in [6.45, 7) is 2.87. The van der Waals surface area contributed by atoms with E-state index in [1.54, 1.807) is 30.3 Å². The number of hydrogen-bond acceptors (Lipinski definition) is 5. The van der Waals surface area contributed by atoms with Crippen molar-refractivity contribution < 1.29 is 24.5 Å². The van der Waals surface area contributed by atoms with Crippen molar-refractivity contribution in [2.75, 3.05) is 18.5 Å². The Bertz CT molecular complexity index is 859. The van der Waals surface area contributed by atoms with Crippen LogP contribution in [0.4, 0.5) is 5.69 Å². The summed E-state index contributed by atoms with van der Waals surface area (Å²) in [6.07, 6.45) is 9.03. The van der Waals surface area contributed by atoms with Crippen molar-refractivity contribution in [3.63, 3.8) is 0 Å². The molecule has 2 aromatic carbocycles. The van der Waals surface area contributed by atoms with Crippen molar-refractivity contribution in [2.24, 2.45) is 0 Å². The SMILES string of the molecule is C#Cc1cccc(NC(=O)c2cc(OCCCCCCC(O)OCC)ccc2O)c1. The van der Waals surface area contributed by atoms with Gasteiger partial charge in [-0.25, -0.2) is 0 Å². The quantitative estimate of drug-likeness (QED) is 0.275. The molecule has 0 aliphatic carbocycles. The monoisotopic (exact) mass is 411 g/mol. The molecular weight excluding hydrogens is 382 g/mol. The van der Waals surface area contributed by atoms with E-state index in [-0.39, 0.29) is 11.3 Å². The van der Waals surface area contributed by atoms with Gasteiger partial charge in [0.05, 0.1) is 12.2 Å². The number of hydrogen-bond donors (Lipinski definition) is 3. The molecule has 30 heavy (non-hydrogen) atoms. The van der Waals surface area contributed by atoms with Crippen LogP contribution in [0.2, 0.25) is 0 Å². The van der Waals surface area contributed by atoms with Gasteiger partial charge in [-0.15, -0.1) is 6.42 Å². The summed E-state index contributed by atoms with van der Waals surface area (Å²) >= 11 is 0. The zero-order valence-corrected chi connectivity index (χ0v) is 17.3. The fourth-order valence-electron chi connectivity index (χ4n) is 2.91. The van der Waals surface area contributed by atoms with Gasteiger partial charge in [0.2, 0.25) is 0 Å². The topological polar surface area (TPSA) is 88.0 Å². The minimum absolute atomic E-state index is 0.124. The van der Waals surface area contributed by atoms with Crippen molar-refractivity contribution >= 4 is 11.6 Å². The highest BCUT2D eigenvalue weighted by atomic mass is 16.6. The normalized spacial score (nSPS) is 11.5. The maximum atomic E-state index is 12.5. The molecule has 3 N–H and O–H groups in total. The number of unbranched alkanes of at least 4 members (excludes halogenated alkanes) is 3. The number of carbonyl (C=O) groups is 1. The van der Waals surface area contributed by atoms with Crippen LogP contribution in [0.25, 0.3) is 0 Å². The van der Waals surface area contributed by atoms with E-state index in [1.165, 1.54) is 12.1 Å². The van der Waals surface area contributed by atoms with Crippen LogP contribution < -0.4 is 10.1 Å². The Balaban J connectivity index is 1.80. The molecule has 2 rings (SSSR count). The number of aliphatic hydroxyl groups excluding tert-OH is 1. The van der Waals surface area contributed by atoms with Gasteiger partial charge in [-0.2, -0.15) is 0 Å². The Hall–Kier alpha value is -3.01. The number of nitrogens with one attached hydrogen (secondary N) is 1. The average Bonchev–Trinajstić information content (AvgIpc) is 2.74. The number of aliphatic hydroxyl groups is 1. The maximum Gasteiger partial charge on any atom is 0.259 e. The molecule has 6 heteroatoms. The van der Waals surface area contributed by atoms with Crippen LogP contribution in [0.3, 0.4) is 0 Å². The molecule has 0 heterocycles. The second kappa shape index (κ2) is 12.5. The lowest BCUT2D eigenvalue weighted by Gasteiger charge is -2.11. The first kappa shape index (κ1) is 23.3. The van der Waals surface area contributed by atoms with E-state index in [4.69, 9.17) is 15.9 Å².